The smallest absolute Gasteiger partial charge is 0.260 e. The Balaban J connectivity index is 2.23. The Bertz CT molecular complexity index is 561. The molecule has 2 rings (SSSR count). The minimum atomic E-state index is -3.49. The van der Waals surface area contributed by atoms with E-state index in [1.54, 1.807) is 10.5 Å². The van der Waals surface area contributed by atoms with E-state index in [2.05, 4.69) is 15.5 Å². The summed E-state index contributed by atoms with van der Waals surface area (Å²) in [5, 5.41) is 10.1. The highest BCUT2D eigenvalue weighted by Gasteiger charge is 2.39. The molecule has 1 fully saturated rings. The van der Waals surface area contributed by atoms with Crippen LogP contribution in [0.2, 0.25) is 0 Å². The molecule has 7 heteroatoms. The molecule has 0 atom stereocenters. The Morgan fingerprint density at radius 2 is 2.05 bits per heavy atom. The number of rotatable bonds is 8. The molecule has 6 nitrogen and oxygen atoms in total. The van der Waals surface area contributed by atoms with Crippen LogP contribution in [0.4, 0.5) is 0 Å². The van der Waals surface area contributed by atoms with Crippen molar-refractivity contribution in [3.05, 3.63) is 11.8 Å². The molecule has 0 bridgehead atoms. The first kappa shape index (κ1) is 16.5. The van der Waals surface area contributed by atoms with E-state index >= 15 is 0 Å². The largest absolute Gasteiger partial charge is 0.310 e. The van der Waals surface area contributed by atoms with Crippen molar-refractivity contribution in [2.24, 2.45) is 5.92 Å². The third kappa shape index (κ3) is 4.05. The zero-order chi connectivity index (χ0) is 15.6. The van der Waals surface area contributed by atoms with Gasteiger partial charge in [0.2, 0.25) is 0 Å². The zero-order valence-corrected chi connectivity index (χ0v) is 14.1. The van der Waals surface area contributed by atoms with Gasteiger partial charge in [-0.05, 0) is 18.8 Å². The van der Waals surface area contributed by atoms with E-state index in [9.17, 15) is 8.42 Å². The van der Waals surface area contributed by atoms with Crippen molar-refractivity contribution in [2.75, 3.05) is 6.54 Å². The summed E-state index contributed by atoms with van der Waals surface area (Å²) >= 11 is 0. The van der Waals surface area contributed by atoms with E-state index in [-0.39, 0.29) is 11.1 Å². The first-order valence-corrected chi connectivity index (χ1v) is 9.03. The van der Waals surface area contributed by atoms with E-state index < -0.39 is 10.0 Å². The molecule has 0 aromatic carbocycles. The topological polar surface area (TPSA) is 78.1 Å². The van der Waals surface area contributed by atoms with Crippen molar-refractivity contribution in [3.63, 3.8) is 0 Å². The lowest BCUT2D eigenvalue weighted by Crippen LogP contribution is -2.37. The Kier molecular flexibility index (Phi) is 5.06. The average Bonchev–Trinajstić information content (AvgIpc) is 3.09. The maximum absolute atomic E-state index is 12.9. The standard InChI is InChI=1S/C14H26N4O2S/c1-10(2)9-18(13-5-6-13)21(19,20)14-12(8-16-17-14)7-15-11(3)4/h8,10-11,13,15H,5-7,9H2,1-4H3,(H,16,17). The maximum atomic E-state index is 12.9. The van der Waals surface area contributed by atoms with Crippen LogP contribution >= 0.6 is 0 Å². The monoisotopic (exact) mass is 314 g/mol. The summed E-state index contributed by atoms with van der Waals surface area (Å²) in [6.45, 7) is 9.21. The summed E-state index contributed by atoms with van der Waals surface area (Å²) in [5.74, 6) is 0.306. The first-order valence-electron chi connectivity index (χ1n) is 7.59. The Labute approximate surface area is 127 Å². The molecule has 1 aromatic rings. The van der Waals surface area contributed by atoms with Crippen LogP contribution in [-0.2, 0) is 16.6 Å². The first-order chi connectivity index (χ1) is 9.82. The molecule has 0 radical (unpaired) electrons. The van der Waals surface area contributed by atoms with Crippen LogP contribution < -0.4 is 5.32 Å². The Hall–Kier alpha value is -0.920. The molecule has 0 spiro atoms. The van der Waals surface area contributed by atoms with Gasteiger partial charge in [0.15, 0.2) is 5.03 Å². The minimum Gasteiger partial charge on any atom is -0.310 e. The van der Waals surface area contributed by atoms with Crippen LogP contribution in [0.3, 0.4) is 0 Å². The van der Waals surface area contributed by atoms with Crippen LogP contribution in [0.1, 0.15) is 46.1 Å². The molecular weight excluding hydrogens is 288 g/mol. The molecule has 1 aliphatic carbocycles. The van der Waals surface area contributed by atoms with E-state index in [4.69, 9.17) is 0 Å². The number of nitrogens with zero attached hydrogens (tertiary/aromatic N) is 2. The van der Waals surface area contributed by atoms with Gasteiger partial charge in [0.1, 0.15) is 0 Å². The van der Waals surface area contributed by atoms with E-state index in [0.717, 1.165) is 12.8 Å². The average molecular weight is 314 g/mol. The Morgan fingerprint density at radius 1 is 1.38 bits per heavy atom. The van der Waals surface area contributed by atoms with Crippen molar-refractivity contribution in [1.82, 2.24) is 19.8 Å². The minimum absolute atomic E-state index is 0.159. The lowest BCUT2D eigenvalue weighted by atomic mass is 10.2. The van der Waals surface area contributed by atoms with Gasteiger partial charge in [-0.1, -0.05) is 27.7 Å². The molecule has 1 saturated carbocycles. The van der Waals surface area contributed by atoms with E-state index in [1.807, 2.05) is 27.7 Å². The molecule has 2 N–H and O–H groups in total. The van der Waals surface area contributed by atoms with Gasteiger partial charge in [0.25, 0.3) is 10.0 Å². The van der Waals surface area contributed by atoms with Crippen molar-refractivity contribution >= 4 is 10.0 Å². The van der Waals surface area contributed by atoms with Gasteiger partial charge in [-0.15, -0.1) is 0 Å². The van der Waals surface area contributed by atoms with Gasteiger partial charge >= 0.3 is 0 Å². The molecule has 1 heterocycles. The summed E-state index contributed by atoms with van der Waals surface area (Å²) in [5.41, 5.74) is 0.707. The van der Waals surface area contributed by atoms with Crippen LogP contribution in [0, 0.1) is 5.92 Å². The predicted molar refractivity (Wildman–Crippen MR) is 82.3 cm³/mol. The molecule has 120 valence electrons. The van der Waals surface area contributed by atoms with Crippen LogP contribution in [0.15, 0.2) is 11.2 Å². The highest BCUT2D eigenvalue weighted by atomic mass is 32.2. The fourth-order valence-electron chi connectivity index (χ4n) is 2.25. The molecule has 0 amide bonds. The lowest BCUT2D eigenvalue weighted by molar-refractivity contribution is 0.358. The number of nitrogens with one attached hydrogen (secondary N) is 2. The third-order valence-electron chi connectivity index (χ3n) is 3.44. The van der Waals surface area contributed by atoms with E-state index in [0.29, 0.717) is 30.6 Å². The number of sulfonamides is 1. The fraction of sp³-hybridized carbons (Fsp3) is 0.786. The number of hydrogen-bond acceptors (Lipinski definition) is 4. The second kappa shape index (κ2) is 6.46. The lowest BCUT2D eigenvalue weighted by Gasteiger charge is -2.23. The third-order valence-corrected chi connectivity index (χ3v) is 5.38. The molecular formula is C14H26N4O2S. The summed E-state index contributed by atoms with van der Waals surface area (Å²) in [7, 11) is -3.49. The van der Waals surface area contributed by atoms with Crippen molar-refractivity contribution in [1.29, 1.82) is 0 Å². The summed E-state index contributed by atoms with van der Waals surface area (Å²) < 4.78 is 27.4. The highest BCUT2D eigenvalue weighted by molar-refractivity contribution is 7.89. The van der Waals surface area contributed by atoms with Gasteiger partial charge in [0.05, 0.1) is 6.20 Å². The number of H-pyrrole nitrogens is 1. The van der Waals surface area contributed by atoms with Crippen LogP contribution in [0.5, 0.6) is 0 Å². The van der Waals surface area contributed by atoms with Gasteiger partial charge in [-0.2, -0.15) is 9.40 Å². The highest BCUT2D eigenvalue weighted by Crippen LogP contribution is 2.33. The Morgan fingerprint density at radius 3 is 2.57 bits per heavy atom. The normalized spacial score (nSPS) is 16.3. The molecule has 0 unspecified atom stereocenters. The van der Waals surface area contributed by atoms with Gasteiger partial charge in [-0.3, -0.25) is 5.10 Å². The van der Waals surface area contributed by atoms with E-state index in [1.165, 1.54) is 0 Å². The SMILES string of the molecule is CC(C)CN(C1CC1)S(=O)(=O)c1[nH]ncc1CNC(C)C. The van der Waals surface area contributed by atoms with Gasteiger partial charge in [0, 0.05) is 30.7 Å². The van der Waals surface area contributed by atoms with Crippen molar-refractivity contribution in [2.45, 2.75) is 64.2 Å². The maximum Gasteiger partial charge on any atom is 0.260 e. The summed E-state index contributed by atoms with van der Waals surface area (Å²) in [6.07, 6.45) is 3.52. The zero-order valence-electron chi connectivity index (χ0n) is 13.3. The molecule has 0 saturated heterocycles. The number of hydrogen-bond donors (Lipinski definition) is 2. The fourth-order valence-corrected chi connectivity index (χ4v) is 4.20. The number of aromatic nitrogens is 2. The molecule has 0 aliphatic heterocycles. The van der Waals surface area contributed by atoms with Gasteiger partial charge in [-0.25, -0.2) is 8.42 Å². The number of aromatic amines is 1. The predicted octanol–water partition coefficient (Wildman–Crippen LogP) is 1.72. The van der Waals surface area contributed by atoms with Crippen LogP contribution in [0.25, 0.3) is 0 Å². The molecule has 21 heavy (non-hydrogen) atoms. The second-order valence-corrected chi connectivity index (χ2v) is 8.29. The second-order valence-electron chi connectivity index (χ2n) is 6.46. The summed E-state index contributed by atoms with van der Waals surface area (Å²) in [4.78, 5) is 0. The molecule has 1 aromatic heterocycles. The summed E-state index contributed by atoms with van der Waals surface area (Å²) in [6, 6.07) is 0.456. The molecule has 1 aliphatic rings. The van der Waals surface area contributed by atoms with Crippen molar-refractivity contribution < 1.29 is 8.42 Å². The quantitative estimate of drug-likeness (QED) is 0.766. The van der Waals surface area contributed by atoms with Crippen molar-refractivity contribution in [3.8, 4) is 0 Å². The van der Waals surface area contributed by atoms with Gasteiger partial charge < -0.3 is 5.32 Å². The van der Waals surface area contributed by atoms with Crippen LogP contribution in [-0.4, -0.2) is 41.5 Å².